The minimum atomic E-state index is -0.290. The molecule has 0 aliphatic carbocycles. The maximum Gasteiger partial charge on any atom is 0.275 e. The average Bonchev–Trinajstić information content (AvgIpc) is 3.05. The maximum atomic E-state index is 12.4. The van der Waals surface area contributed by atoms with Crippen LogP contribution in [0.4, 0.5) is 5.69 Å². The van der Waals surface area contributed by atoms with Crippen LogP contribution in [0, 0.1) is 0 Å². The van der Waals surface area contributed by atoms with Crippen LogP contribution < -0.4 is 11.1 Å². The van der Waals surface area contributed by atoms with Gasteiger partial charge in [0.25, 0.3) is 11.8 Å². The van der Waals surface area contributed by atoms with Gasteiger partial charge in [-0.25, -0.2) is 4.98 Å². The number of rotatable bonds is 7. The Hall–Kier alpha value is -1.96. The van der Waals surface area contributed by atoms with Gasteiger partial charge in [-0.2, -0.15) is 0 Å². The van der Waals surface area contributed by atoms with Gasteiger partial charge in [0.1, 0.15) is 5.69 Å². The van der Waals surface area contributed by atoms with E-state index in [9.17, 15) is 9.59 Å². The lowest BCUT2D eigenvalue weighted by Crippen LogP contribution is -2.30. The van der Waals surface area contributed by atoms with Gasteiger partial charge in [0.15, 0.2) is 0 Å². The molecule has 2 amide bonds. The van der Waals surface area contributed by atoms with Crippen molar-refractivity contribution in [3.63, 3.8) is 0 Å². The largest absolute Gasteiger partial charge is 0.339 e. The molecule has 1 heterocycles. The molecule has 2 rings (SSSR count). The van der Waals surface area contributed by atoms with Crippen molar-refractivity contribution in [1.82, 2.24) is 9.88 Å². The lowest BCUT2D eigenvalue weighted by atomic mass is 10.1. The smallest absolute Gasteiger partial charge is 0.275 e. The highest BCUT2D eigenvalue weighted by Gasteiger charge is 2.14. The third kappa shape index (κ3) is 5.52. The molecular weight excluding hydrogens is 360 g/mol. The van der Waals surface area contributed by atoms with E-state index in [0.717, 1.165) is 5.01 Å². The summed E-state index contributed by atoms with van der Waals surface area (Å²) in [4.78, 5) is 30.6. The quantitative estimate of drug-likeness (QED) is 0.770. The van der Waals surface area contributed by atoms with Crippen molar-refractivity contribution in [2.45, 2.75) is 20.3 Å². The molecule has 3 N–H and O–H groups in total. The zero-order valence-electron chi connectivity index (χ0n) is 14.3. The lowest BCUT2D eigenvalue weighted by Gasteiger charge is -2.18. The fourth-order valence-electron chi connectivity index (χ4n) is 2.27. The molecule has 0 bridgehead atoms. The Morgan fingerprint density at radius 1 is 1.28 bits per heavy atom. The summed E-state index contributed by atoms with van der Waals surface area (Å²) in [5.74, 6) is -0.336. The molecule has 8 heteroatoms. The van der Waals surface area contributed by atoms with Crippen LogP contribution in [0.3, 0.4) is 0 Å². The number of nitrogens with one attached hydrogen (secondary N) is 1. The molecule has 0 aliphatic rings. The van der Waals surface area contributed by atoms with Crippen molar-refractivity contribution in [2.24, 2.45) is 5.73 Å². The first-order valence-corrected chi connectivity index (χ1v) is 8.82. The van der Waals surface area contributed by atoms with E-state index in [1.807, 2.05) is 13.8 Å². The van der Waals surface area contributed by atoms with Crippen molar-refractivity contribution >= 4 is 41.2 Å². The number of nitrogens with zero attached hydrogens (tertiary/aromatic N) is 2. The van der Waals surface area contributed by atoms with E-state index in [0.29, 0.717) is 43.0 Å². The van der Waals surface area contributed by atoms with Gasteiger partial charge in [0.05, 0.1) is 5.01 Å². The van der Waals surface area contributed by atoms with Gasteiger partial charge in [0.2, 0.25) is 0 Å². The third-order valence-corrected chi connectivity index (χ3v) is 4.47. The topological polar surface area (TPSA) is 88.3 Å². The first-order valence-electron chi connectivity index (χ1n) is 7.94. The number of hydrogen-bond acceptors (Lipinski definition) is 5. The molecule has 0 spiro atoms. The van der Waals surface area contributed by atoms with Crippen LogP contribution in [0.5, 0.6) is 0 Å². The lowest BCUT2D eigenvalue weighted by molar-refractivity contribution is 0.0772. The number of aromatic nitrogens is 1. The molecule has 0 saturated heterocycles. The minimum absolute atomic E-state index is 0. The van der Waals surface area contributed by atoms with Gasteiger partial charge < -0.3 is 16.0 Å². The normalized spacial score (nSPS) is 10.0. The number of nitrogens with two attached hydrogens (primary N) is 1. The second-order valence-corrected chi connectivity index (χ2v) is 6.12. The summed E-state index contributed by atoms with van der Waals surface area (Å²) in [6.07, 6.45) is 0.659. The van der Waals surface area contributed by atoms with Crippen LogP contribution in [-0.4, -0.2) is 41.3 Å². The van der Waals surface area contributed by atoms with E-state index in [1.165, 1.54) is 11.3 Å². The van der Waals surface area contributed by atoms with E-state index in [2.05, 4.69) is 10.3 Å². The van der Waals surface area contributed by atoms with Crippen LogP contribution in [0.15, 0.2) is 29.6 Å². The van der Waals surface area contributed by atoms with E-state index in [-0.39, 0.29) is 24.2 Å². The molecule has 1 aromatic carbocycles. The summed E-state index contributed by atoms with van der Waals surface area (Å²) in [5, 5.41) is 5.34. The first-order chi connectivity index (χ1) is 11.6. The highest BCUT2D eigenvalue weighted by atomic mass is 35.5. The second-order valence-electron chi connectivity index (χ2n) is 5.18. The summed E-state index contributed by atoms with van der Waals surface area (Å²) in [6.45, 7) is 5.68. The van der Waals surface area contributed by atoms with Gasteiger partial charge >= 0.3 is 0 Å². The van der Waals surface area contributed by atoms with E-state index >= 15 is 0 Å². The molecule has 136 valence electrons. The van der Waals surface area contributed by atoms with Crippen molar-refractivity contribution < 1.29 is 9.59 Å². The third-order valence-electron chi connectivity index (χ3n) is 3.56. The van der Waals surface area contributed by atoms with Crippen LogP contribution in [0.25, 0.3) is 0 Å². The molecule has 0 unspecified atom stereocenters. The molecule has 6 nitrogen and oxygen atoms in total. The van der Waals surface area contributed by atoms with Crippen LogP contribution in [0.2, 0.25) is 0 Å². The fourth-order valence-corrected chi connectivity index (χ4v) is 3.07. The van der Waals surface area contributed by atoms with Gasteiger partial charge in [-0.3, -0.25) is 9.59 Å². The SMILES string of the molecule is CCN(CC)C(=O)c1cccc(NC(=O)c2csc(CCN)n2)c1.Cl. The molecule has 0 fully saturated rings. The summed E-state index contributed by atoms with van der Waals surface area (Å²) < 4.78 is 0. The van der Waals surface area contributed by atoms with Gasteiger partial charge in [-0.05, 0) is 38.6 Å². The number of benzene rings is 1. The van der Waals surface area contributed by atoms with Crippen molar-refractivity contribution in [3.05, 3.63) is 45.9 Å². The predicted molar refractivity (Wildman–Crippen MR) is 104 cm³/mol. The summed E-state index contributed by atoms with van der Waals surface area (Å²) in [5.41, 5.74) is 6.99. The Morgan fingerprint density at radius 2 is 2.00 bits per heavy atom. The van der Waals surface area contributed by atoms with Gasteiger partial charge in [-0.15, -0.1) is 23.7 Å². The number of thiazole rings is 1. The molecule has 0 atom stereocenters. The Kier molecular flexibility index (Phi) is 8.54. The number of hydrogen-bond donors (Lipinski definition) is 2. The molecule has 0 radical (unpaired) electrons. The molecule has 0 saturated carbocycles. The van der Waals surface area contributed by atoms with Crippen LogP contribution in [0.1, 0.15) is 39.7 Å². The number of anilines is 1. The molecule has 2 aromatic rings. The fraction of sp³-hybridized carbons (Fsp3) is 0.353. The maximum absolute atomic E-state index is 12.4. The zero-order chi connectivity index (χ0) is 17.5. The monoisotopic (exact) mass is 382 g/mol. The Balaban J connectivity index is 0.00000312. The molecular formula is C17H23ClN4O2S. The van der Waals surface area contributed by atoms with E-state index in [1.54, 1.807) is 34.5 Å². The van der Waals surface area contributed by atoms with E-state index in [4.69, 9.17) is 5.73 Å². The van der Waals surface area contributed by atoms with Gasteiger partial charge in [0, 0.05) is 36.1 Å². The van der Waals surface area contributed by atoms with Gasteiger partial charge in [-0.1, -0.05) is 6.07 Å². The summed E-state index contributed by atoms with van der Waals surface area (Å²) >= 11 is 1.42. The van der Waals surface area contributed by atoms with Crippen LogP contribution in [-0.2, 0) is 6.42 Å². The Morgan fingerprint density at radius 3 is 2.64 bits per heavy atom. The Bertz CT molecular complexity index is 716. The molecule has 1 aromatic heterocycles. The minimum Gasteiger partial charge on any atom is -0.339 e. The second kappa shape index (κ2) is 10.1. The number of halogens is 1. The molecule has 25 heavy (non-hydrogen) atoms. The van der Waals surface area contributed by atoms with Crippen molar-refractivity contribution in [3.8, 4) is 0 Å². The van der Waals surface area contributed by atoms with E-state index < -0.39 is 0 Å². The predicted octanol–water partition coefficient (Wildman–Crippen LogP) is 2.80. The number of carbonyl (C=O) groups excluding carboxylic acids is 2. The average molecular weight is 383 g/mol. The summed E-state index contributed by atoms with van der Waals surface area (Å²) in [6, 6.07) is 6.95. The highest BCUT2D eigenvalue weighted by Crippen LogP contribution is 2.16. The molecule has 0 aliphatic heterocycles. The van der Waals surface area contributed by atoms with Crippen LogP contribution >= 0.6 is 23.7 Å². The standard InChI is InChI=1S/C17H22N4O2S.ClH/c1-3-21(4-2)17(23)12-6-5-7-13(10-12)19-16(22)14-11-24-15(20-14)8-9-18;/h5-7,10-11H,3-4,8-9,18H2,1-2H3,(H,19,22);1H. The highest BCUT2D eigenvalue weighted by molar-refractivity contribution is 7.09. The van der Waals surface area contributed by atoms with Crippen molar-refractivity contribution in [1.29, 1.82) is 0 Å². The summed E-state index contributed by atoms with van der Waals surface area (Å²) in [7, 11) is 0. The Labute approximate surface area is 157 Å². The zero-order valence-corrected chi connectivity index (χ0v) is 16.0. The van der Waals surface area contributed by atoms with Crippen molar-refractivity contribution in [2.75, 3.05) is 25.0 Å². The number of carbonyl (C=O) groups is 2. The number of amides is 2. The first kappa shape index (κ1) is 21.1.